The first-order valence-electron chi connectivity index (χ1n) is 6.32. The van der Waals surface area contributed by atoms with E-state index in [1.54, 1.807) is 0 Å². The van der Waals surface area contributed by atoms with E-state index in [9.17, 15) is 0 Å². The van der Waals surface area contributed by atoms with Gasteiger partial charge in [0.2, 0.25) is 0 Å². The highest BCUT2D eigenvalue weighted by Gasteiger charge is 2.32. The van der Waals surface area contributed by atoms with E-state index in [2.05, 4.69) is 23.4 Å². The molecule has 0 amide bonds. The van der Waals surface area contributed by atoms with Crippen molar-refractivity contribution in [3.63, 3.8) is 0 Å². The van der Waals surface area contributed by atoms with Crippen LogP contribution in [0.25, 0.3) is 0 Å². The van der Waals surface area contributed by atoms with Crippen molar-refractivity contribution in [2.75, 3.05) is 32.4 Å². The Kier molecular flexibility index (Phi) is 4.35. The van der Waals surface area contributed by atoms with Crippen molar-refractivity contribution in [1.82, 2.24) is 10.2 Å². The molecule has 0 spiro atoms. The third-order valence-electron chi connectivity index (χ3n) is 4.02. The predicted octanol–water partition coefficient (Wildman–Crippen LogP) is 1.81. The van der Waals surface area contributed by atoms with Crippen molar-refractivity contribution >= 4 is 11.8 Å². The van der Waals surface area contributed by atoms with Gasteiger partial charge in [-0.15, -0.1) is 0 Å². The second-order valence-electron chi connectivity index (χ2n) is 4.88. The third kappa shape index (κ3) is 2.69. The molecule has 3 heteroatoms. The summed E-state index contributed by atoms with van der Waals surface area (Å²) in [6.45, 7) is 7.28. The van der Waals surface area contributed by atoms with Gasteiger partial charge in [0.25, 0.3) is 0 Å². The minimum absolute atomic E-state index is 0.783. The second kappa shape index (κ2) is 5.55. The quantitative estimate of drug-likeness (QED) is 0.772. The lowest BCUT2D eigenvalue weighted by Crippen LogP contribution is -2.45. The van der Waals surface area contributed by atoms with Crippen LogP contribution in [0.5, 0.6) is 0 Å². The Morgan fingerprint density at radius 2 is 2.13 bits per heavy atom. The summed E-state index contributed by atoms with van der Waals surface area (Å²) in [5, 5.41) is 4.35. The van der Waals surface area contributed by atoms with Crippen LogP contribution < -0.4 is 5.32 Å². The molecule has 1 aliphatic heterocycles. The van der Waals surface area contributed by atoms with E-state index in [-0.39, 0.29) is 0 Å². The lowest BCUT2D eigenvalue weighted by molar-refractivity contribution is 0.148. The summed E-state index contributed by atoms with van der Waals surface area (Å²) in [4.78, 5) is 2.71. The fourth-order valence-electron chi connectivity index (χ4n) is 2.75. The van der Waals surface area contributed by atoms with Gasteiger partial charge in [-0.05, 0) is 31.6 Å². The van der Waals surface area contributed by atoms with Gasteiger partial charge in [0.05, 0.1) is 0 Å². The van der Waals surface area contributed by atoms with E-state index in [1.165, 1.54) is 45.4 Å². The summed E-state index contributed by atoms with van der Waals surface area (Å²) < 4.78 is 0. The van der Waals surface area contributed by atoms with Gasteiger partial charge in [-0.3, -0.25) is 4.90 Å². The van der Waals surface area contributed by atoms with Crippen LogP contribution in [0.2, 0.25) is 0 Å². The van der Waals surface area contributed by atoms with Crippen LogP contribution in [-0.2, 0) is 0 Å². The van der Waals surface area contributed by atoms with E-state index in [0.29, 0.717) is 0 Å². The summed E-state index contributed by atoms with van der Waals surface area (Å²) in [5.41, 5.74) is 0. The standard InChI is InChI=1S/C12H24N2S/c1-3-14(9-10-5-4-6-10)11-7-13-8-12(11)15-2/h10-13H,3-9H2,1-2H3. The highest BCUT2D eigenvalue weighted by Crippen LogP contribution is 2.29. The highest BCUT2D eigenvalue weighted by molar-refractivity contribution is 7.99. The monoisotopic (exact) mass is 228 g/mol. The van der Waals surface area contributed by atoms with Crippen LogP contribution in [0.15, 0.2) is 0 Å². The fourth-order valence-corrected chi connectivity index (χ4v) is 3.62. The number of rotatable bonds is 5. The van der Waals surface area contributed by atoms with Crippen LogP contribution >= 0.6 is 11.8 Å². The number of hydrogen-bond donors (Lipinski definition) is 1. The molecule has 2 fully saturated rings. The van der Waals surface area contributed by atoms with Crippen molar-refractivity contribution in [1.29, 1.82) is 0 Å². The molecule has 0 aromatic carbocycles. The number of thioether (sulfide) groups is 1. The van der Waals surface area contributed by atoms with Crippen LogP contribution in [0, 0.1) is 5.92 Å². The molecule has 1 heterocycles. The maximum Gasteiger partial charge on any atom is 0.0351 e. The van der Waals surface area contributed by atoms with Crippen molar-refractivity contribution in [2.24, 2.45) is 5.92 Å². The number of nitrogens with zero attached hydrogens (tertiary/aromatic N) is 1. The maximum absolute atomic E-state index is 3.53. The third-order valence-corrected chi connectivity index (χ3v) is 5.11. The van der Waals surface area contributed by atoms with Gasteiger partial charge in [0.15, 0.2) is 0 Å². The summed E-state index contributed by atoms with van der Waals surface area (Å²) in [6, 6.07) is 0.783. The molecular formula is C12H24N2S. The topological polar surface area (TPSA) is 15.3 Å². The molecule has 2 atom stereocenters. The zero-order valence-corrected chi connectivity index (χ0v) is 10.9. The van der Waals surface area contributed by atoms with Crippen LogP contribution in [0.3, 0.4) is 0 Å². The Balaban J connectivity index is 1.86. The largest absolute Gasteiger partial charge is 0.314 e. The smallest absolute Gasteiger partial charge is 0.0351 e. The van der Waals surface area contributed by atoms with Crippen molar-refractivity contribution in [2.45, 2.75) is 37.5 Å². The molecule has 2 nitrogen and oxygen atoms in total. The minimum Gasteiger partial charge on any atom is -0.314 e. The van der Waals surface area contributed by atoms with Crippen LogP contribution in [-0.4, -0.2) is 48.6 Å². The van der Waals surface area contributed by atoms with Gasteiger partial charge < -0.3 is 5.32 Å². The van der Waals surface area contributed by atoms with Crippen molar-refractivity contribution in [3.05, 3.63) is 0 Å². The maximum atomic E-state index is 3.53. The minimum atomic E-state index is 0.783. The van der Waals surface area contributed by atoms with Gasteiger partial charge in [0, 0.05) is 30.9 Å². The first-order valence-corrected chi connectivity index (χ1v) is 7.61. The molecule has 1 saturated carbocycles. The van der Waals surface area contributed by atoms with E-state index >= 15 is 0 Å². The van der Waals surface area contributed by atoms with E-state index in [4.69, 9.17) is 0 Å². The molecule has 88 valence electrons. The first-order chi connectivity index (χ1) is 7.35. The van der Waals surface area contributed by atoms with E-state index in [0.717, 1.165) is 17.2 Å². The summed E-state index contributed by atoms with van der Waals surface area (Å²) in [6.07, 6.45) is 6.67. The lowest BCUT2D eigenvalue weighted by atomic mass is 9.85. The van der Waals surface area contributed by atoms with Gasteiger partial charge in [-0.25, -0.2) is 0 Å². The normalized spacial score (nSPS) is 32.2. The van der Waals surface area contributed by atoms with Gasteiger partial charge in [-0.1, -0.05) is 13.3 Å². The Labute approximate surface area is 98.2 Å². The molecule has 2 aliphatic rings. The molecular weight excluding hydrogens is 204 g/mol. The lowest BCUT2D eigenvalue weighted by Gasteiger charge is -2.36. The molecule has 1 N–H and O–H groups in total. The van der Waals surface area contributed by atoms with Crippen LogP contribution in [0.1, 0.15) is 26.2 Å². The molecule has 0 aromatic heterocycles. The molecule has 2 rings (SSSR count). The fraction of sp³-hybridized carbons (Fsp3) is 1.00. The van der Waals surface area contributed by atoms with Gasteiger partial charge in [-0.2, -0.15) is 11.8 Å². The molecule has 0 aromatic rings. The summed E-state index contributed by atoms with van der Waals surface area (Å²) in [5.74, 6) is 1.01. The zero-order valence-electron chi connectivity index (χ0n) is 10.0. The summed E-state index contributed by atoms with van der Waals surface area (Å²) >= 11 is 2.03. The molecule has 0 bridgehead atoms. The molecule has 0 radical (unpaired) electrons. The predicted molar refractivity (Wildman–Crippen MR) is 68.5 cm³/mol. The first kappa shape index (κ1) is 11.7. The zero-order chi connectivity index (χ0) is 10.7. The average molecular weight is 228 g/mol. The average Bonchev–Trinajstić information content (AvgIpc) is 2.64. The molecule has 2 unspecified atom stereocenters. The summed E-state index contributed by atoms with van der Waals surface area (Å²) in [7, 11) is 0. The Hall–Kier alpha value is 0.270. The SMILES string of the molecule is CCN(CC1CCC1)C1CNCC1SC. The van der Waals surface area contributed by atoms with Crippen molar-refractivity contribution in [3.8, 4) is 0 Å². The number of hydrogen-bond acceptors (Lipinski definition) is 3. The molecule has 1 saturated heterocycles. The Morgan fingerprint density at radius 3 is 2.67 bits per heavy atom. The number of nitrogens with one attached hydrogen (secondary N) is 1. The van der Waals surface area contributed by atoms with Crippen LogP contribution in [0.4, 0.5) is 0 Å². The van der Waals surface area contributed by atoms with E-state index in [1.807, 2.05) is 11.8 Å². The Bertz CT molecular complexity index is 194. The van der Waals surface area contributed by atoms with Gasteiger partial charge in [0.1, 0.15) is 0 Å². The molecule has 1 aliphatic carbocycles. The van der Waals surface area contributed by atoms with Gasteiger partial charge >= 0.3 is 0 Å². The Morgan fingerprint density at radius 1 is 1.33 bits per heavy atom. The van der Waals surface area contributed by atoms with Crippen molar-refractivity contribution < 1.29 is 0 Å². The highest BCUT2D eigenvalue weighted by atomic mass is 32.2. The second-order valence-corrected chi connectivity index (χ2v) is 5.96. The molecule has 15 heavy (non-hydrogen) atoms. The number of likely N-dealkylation sites (N-methyl/N-ethyl adjacent to an activating group) is 1. The van der Waals surface area contributed by atoms with E-state index < -0.39 is 0 Å².